The van der Waals surface area contributed by atoms with E-state index in [0.717, 1.165) is 19.3 Å². The van der Waals surface area contributed by atoms with Crippen molar-refractivity contribution < 1.29 is 14.3 Å². The molecule has 0 heterocycles. The summed E-state index contributed by atoms with van der Waals surface area (Å²) < 4.78 is 5.61. The average Bonchev–Trinajstić information content (AvgIpc) is 2.64. The van der Waals surface area contributed by atoms with Crippen LogP contribution in [0.15, 0.2) is 42.5 Å². The molecule has 28 heavy (non-hydrogen) atoms. The summed E-state index contributed by atoms with van der Waals surface area (Å²) in [5.74, 6) is 0.00487. The van der Waals surface area contributed by atoms with Gasteiger partial charge >= 0.3 is 0 Å². The fraction of sp³-hybridized carbons (Fsp3) is 0.333. The van der Waals surface area contributed by atoms with Crippen molar-refractivity contribution >= 4 is 46.4 Å². The predicted octanol–water partition coefficient (Wildman–Crippen LogP) is 5.92. The molecule has 0 bridgehead atoms. The van der Waals surface area contributed by atoms with E-state index in [2.05, 4.69) is 17.6 Å². The van der Waals surface area contributed by atoms with Crippen molar-refractivity contribution in [3.8, 4) is 5.75 Å². The number of anilines is 2. The second-order valence-corrected chi connectivity index (χ2v) is 7.25. The number of nitrogens with one attached hydrogen (secondary N) is 2. The topological polar surface area (TPSA) is 67.4 Å². The third-order valence-corrected chi connectivity index (χ3v) is 4.52. The van der Waals surface area contributed by atoms with Crippen LogP contribution < -0.4 is 15.4 Å². The van der Waals surface area contributed by atoms with Crippen LogP contribution in [-0.4, -0.2) is 17.9 Å². The van der Waals surface area contributed by atoms with Crippen LogP contribution in [0.2, 0.25) is 10.0 Å². The molecule has 0 aliphatic rings. The molecular weight excluding hydrogens is 399 g/mol. The Balaban J connectivity index is 1.93. The number of ether oxygens (including phenoxy) is 1. The second kappa shape index (κ2) is 10.9. The molecule has 7 heteroatoms. The van der Waals surface area contributed by atoms with Crippen LogP contribution >= 0.6 is 23.2 Å². The third-order valence-electron chi connectivity index (χ3n) is 3.99. The minimum absolute atomic E-state index is 0.0361. The molecule has 150 valence electrons. The summed E-state index contributed by atoms with van der Waals surface area (Å²) in [5, 5.41) is 6.44. The van der Waals surface area contributed by atoms with Crippen molar-refractivity contribution in [1.29, 1.82) is 0 Å². The van der Waals surface area contributed by atoms with Crippen molar-refractivity contribution in [1.82, 2.24) is 0 Å². The van der Waals surface area contributed by atoms with Crippen molar-refractivity contribution in [3.63, 3.8) is 0 Å². The molecule has 0 saturated heterocycles. The van der Waals surface area contributed by atoms with Gasteiger partial charge in [-0.05, 0) is 49.7 Å². The Morgan fingerprint density at radius 2 is 1.75 bits per heavy atom. The Morgan fingerprint density at radius 1 is 1.04 bits per heavy atom. The van der Waals surface area contributed by atoms with Gasteiger partial charge in [-0.25, -0.2) is 0 Å². The molecule has 2 rings (SSSR count). The monoisotopic (exact) mass is 422 g/mol. The largest absolute Gasteiger partial charge is 0.479 e. The lowest BCUT2D eigenvalue weighted by Gasteiger charge is -2.16. The number of carbonyl (C=O) groups excluding carboxylic acids is 2. The highest BCUT2D eigenvalue weighted by atomic mass is 35.5. The first-order chi connectivity index (χ1) is 13.4. The van der Waals surface area contributed by atoms with Gasteiger partial charge < -0.3 is 15.4 Å². The smallest absolute Gasteiger partial charge is 0.265 e. The van der Waals surface area contributed by atoms with Crippen LogP contribution in [0.1, 0.15) is 39.5 Å². The summed E-state index contributed by atoms with van der Waals surface area (Å²) >= 11 is 11.9. The lowest BCUT2D eigenvalue weighted by molar-refractivity contribution is -0.122. The fourth-order valence-electron chi connectivity index (χ4n) is 2.49. The maximum Gasteiger partial charge on any atom is 0.265 e. The van der Waals surface area contributed by atoms with Gasteiger partial charge in [0.15, 0.2) is 6.10 Å². The van der Waals surface area contributed by atoms with Crippen LogP contribution in [-0.2, 0) is 9.59 Å². The molecule has 0 spiro atoms. The summed E-state index contributed by atoms with van der Waals surface area (Å²) in [7, 11) is 0. The summed E-state index contributed by atoms with van der Waals surface area (Å²) in [5.41, 5.74) is 1.20. The zero-order chi connectivity index (χ0) is 20.5. The summed E-state index contributed by atoms with van der Waals surface area (Å²) in [6.45, 7) is 3.72. The van der Waals surface area contributed by atoms with Gasteiger partial charge in [-0.2, -0.15) is 0 Å². The number of hydrogen-bond donors (Lipinski definition) is 2. The maximum absolute atomic E-state index is 12.4. The van der Waals surface area contributed by atoms with Crippen LogP contribution in [0.5, 0.6) is 5.75 Å². The summed E-state index contributed by atoms with van der Waals surface area (Å²) in [6, 6.07) is 11.8. The number of carbonyl (C=O) groups is 2. The van der Waals surface area contributed by atoms with E-state index in [1.165, 1.54) is 0 Å². The van der Waals surface area contributed by atoms with Gasteiger partial charge in [-0.1, -0.05) is 49.0 Å². The lowest BCUT2D eigenvalue weighted by Crippen LogP contribution is -2.30. The molecule has 2 amide bonds. The van der Waals surface area contributed by atoms with E-state index in [1.807, 2.05) is 0 Å². The Bertz CT molecular complexity index is 827. The lowest BCUT2D eigenvalue weighted by atomic mass is 10.2. The van der Waals surface area contributed by atoms with Gasteiger partial charge in [0, 0.05) is 22.8 Å². The number of amides is 2. The van der Waals surface area contributed by atoms with Crippen molar-refractivity contribution in [2.75, 3.05) is 10.6 Å². The molecule has 2 N–H and O–H groups in total. The molecule has 0 aliphatic carbocycles. The van der Waals surface area contributed by atoms with E-state index in [9.17, 15) is 9.59 Å². The first-order valence-corrected chi connectivity index (χ1v) is 9.97. The van der Waals surface area contributed by atoms with Crippen LogP contribution in [0.4, 0.5) is 11.4 Å². The van der Waals surface area contributed by atoms with E-state index in [1.54, 1.807) is 49.4 Å². The highest BCUT2D eigenvalue weighted by molar-refractivity contribution is 6.35. The van der Waals surface area contributed by atoms with Gasteiger partial charge in [-0.3, -0.25) is 9.59 Å². The standard InChI is InChI=1S/C21H24Cl2N2O3/c1-3-4-5-9-20(26)24-16-7-6-8-17(13-16)25-21(27)14(2)28-19-11-10-15(22)12-18(19)23/h6-8,10-14H,3-5,9H2,1-2H3,(H,24,26)(H,25,27). The van der Waals surface area contributed by atoms with E-state index < -0.39 is 6.10 Å². The zero-order valence-electron chi connectivity index (χ0n) is 15.9. The van der Waals surface area contributed by atoms with Crippen molar-refractivity contribution in [2.24, 2.45) is 0 Å². The first kappa shape index (κ1) is 22.1. The predicted molar refractivity (Wildman–Crippen MR) is 114 cm³/mol. The molecule has 0 aliphatic heterocycles. The second-order valence-electron chi connectivity index (χ2n) is 6.41. The average molecular weight is 423 g/mol. The summed E-state index contributed by atoms with van der Waals surface area (Å²) in [6.07, 6.45) is 2.67. The first-order valence-electron chi connectivity index (χ1n) is 9.21. The number of benzene rings is 2. The molecule has 1 unspecified atom stereocenters. The molecule has 5 nitrogen and oxygen atoms in total. The van der Waals surface area contributed by atoms with Crippen LogP contribution in [0.25, 0.3) is 0 Å². The van der Waals surface area contributed by atoms with E-state index in [4.69, 9.17) is 27.9 Å². The van der Waals surface area contributed by atoms with Crippen molar-refractivity contribution in [3.05, 3.63) is 52.5 Å². The quantitative estimate of drug-likeness (QED) is 0.492. The molecule has 0 fully saturated rings. The highest BCUT2D eigenvalue weighted by Crippen LogP contribution is 2.28. The molecule has 0 aromatic heterocycles. The van der Waals surface area contributed by atoms with Gasteiger partial charge in [-0.15, -0.1) is 0 Å². The molecular formula is C21H24Cl2N2O3. The SMILES string of the molecule is CCCCCC(=O)Nc1cccc(NC(=O)C(C)Oc2ccc(Cl)cc2Cl)c1. The molecule has 0 radical (unpaired) electrons. The van der Waals surface area contributed by atoms with Gasteiger partial charge in [0.2, 0.25) is 5.91 Å². The van der Waals surface area contributed by atoms with E-state index in [-0.39, 0.29) is 11.8 Å². The number of halogens is 2. The van der Waals surface area contributed by atoms with Crippen LogP contribution in [0, 0.1) is 0 Å². The third kappa shape index (κ3) is 7.06. The molecule has 0 saturated carbocycles. The normalized spacial score (nSPS) is 11.6. The van der Waals surface area contributed by atoms with Crippen LogP contribution in [0.3, 0.4) is 0 Å². The van der Waals surface area contributed by atoms with Gasteiger partial charge in [0.25, 0.3) is 5.91 Å². The molecule has 2 aromatic rings. The van der Waals surface area contributed by atoms with Gasteiger partial charge in [0.1, 0.15) is 5.75 Å². The Kier molecular flexibility index (Phi) is 8.61. The Hall–Kier alpha value is -2.24. The minimum Gasteiger partial charge on any atom is -0.479 e. The number of unbranched alkanes of at least 4 members (excludes halogenated alkanes) is 2. The maximum atomic E-state index is 12.4. The van der Waals surface area contributed by atoms with E-state index >= 15 is 0 Å². The Morgan fingerprint density at radius 3 is 2.43 bits per heavy atom. The number of hydrogen-bond acceptors (Lipinski definition) is 3. The number of rotatable bonds is 9. The fourth-order valence-corrected chi connectivity index (χ4v) is 2.95. The van der Waals surface area contributed by atoms with Gasteiger partial charge in [0.05, 0.1) is 5.02 Å². The Labute approximate surface area is 175 Å². The highest BCUT2D eigenvalue weighted by Gasteiger charge is 2.17. The summed E-state index contributed by atoms with van der Waals surface area (Å²) in [4.78, 5) is 24.4. The molecule has 1 atom stereocenters. The minimum atomic E-state index is -0.772. The zero-order valence-corrected chi connectivity index (χ0v) is 17.4. The van der Waals surface area contributed by atoms with E-state index in [0.29, 0.717) is 33.6 Å². The van der Waals surface area contributed by atoms with Crippen molar-refractivity contribution in [2.45, 2.75) is 45.6 Å². The molecule has 2 aromatic carbocycles.